The van der Waals surface area contributed by atoms with Crippen LogP contribution in [0.25, 0.3) is 0 Å². The highest BCUT2D eigenvalue weighted by Gasteiger charge is 2.18. The van der Waals surface area contributed by atoms with Crippen LogP contribution in [-0.2, 0) is 4.74 Å². The molecule has 0 radical (unpaired) electrons. The van der Waals surface area contributed by atoms with Gasteiger partial charge in [0.1, 0.15) is 5.69 Å². The van der Waals surface area contributed by atoms with Gasteiger partial charge in [-0.05, 0) is 31.2 Å². The Morgan fingerprint density at radius 3 is 2.50 bits per heavy atom. The fourth-order valence-corrected chi connectivity index (χ4v) is 1.94. The number of benzene rings is 2. The molecule has 0 aliphatic heterocycles. The van der Waals surface area contributed by atoms with Crippen molar-refractivity contribution >= 4 is 28.8 Å². The minimum atomic E-state index is -0.589. The molecule has 22 heavy (non-hydrogen) atoms. The van der Waals surface area contributed by atoms with Gasteiger partial charge in [0.15, 0.2) is 7.05 Å². The van der Waals surface area contributed by atoms with E-state index in [1.54, 1.807) is 25.1 Å². The number of nitrogens with zero attached hydrogens (tertiary/aromatic N) is 1. The number of anilines is 3. The number of rotatable bonds is 5. The second-order valence-electron chi connectivity index (χ2n) is 4.57. The van der Waals surface area contributed by atoms with Crippen molar-refractivity contribution in [1.82, 2.24) is 0 Å². The normalized spacial score (nSPS) is 9.91. The van der Waals surface area contributed by atoms with E-state index in [-0.39, 0.29) is 6.61 Å². The molecule has 6 heteroatoms. The molecule has 6 nitrogen and oxygen atoms in total. The van der Waals surface area contributed by atoms with Crippen molar-refractivity contribution in [2.24, 2.45) is 0 Å². The second-order valence-corrected chi connectivity index (χ2v) is 4.57. The van der Waals surface area contributed by atoms with Crippen LogP contribution in [-0.4, -0.2) is 24.5 Å². The average molecular weight is 300 g/mol. The van der Waals surface area contributed by atoms with E-state index in [0.717, 1.165) is 11.4 Å². The van der Waals surface area contributed by atoms with Crippen LogP contribution in [0.1, 0.15) is 6.92 Å². The third-order valence-electron chi connectivity index (χ3n) is 2.91. The molecular weight excluding hydrogens is 282 g/mol. The molecule has 1 amide bonds. The zero-order valence-electron chi connectivity index (χ0n) is 12.5. The van der Waals surface area contributed by atoms with Crippen LogP contribution in [0, 0.1) is 4.91 Å². The molecule has 0 atom stereocenters. The number of nitrogens with one attached hydrogen (secondary N) is 2. The largest absolute Gasteiger partial charge is 0.450 e. The molecule has 0 spiro atoms. The van der Waals surface area contributed by atoms with Gasteiger partial charge in [0, 0.05) is 27.1 Å². The minimum Gasteiger partial charge on any atom is -0.450 e. The predicted molar refractivity (Wildman–Crippen MR) is 86.0 cm³/mol. The molecule has 0 bridgehead atoms. The summed E-state index contributed by atoms with van der Waals surface area (Å²) < 4.78 is 5.51. The number of hydrogen-bond donors (Lipinski definition) is 2. The number of carbonyl (C=O) groups excluding carboxylic acids is 1. The van der Waals surface area contributed by atoms with Crippen molar-refractivity contribution in [1.29, 1.82) is 0 Å². The van der Waals surface area contributed by atoms with Crippen molar-refractivity contribution in [2.75, 3.05) is 24.3 Å². The number of carbonyl (C=O) groups is 1. The quantitative estimate of drug-likeness (QED) is 0.818. The molecule has 114 valence electrons. The van der Waals surface area contributed by atoms with Gasteiger partial charge in [-0.25, -0.2) is 4.79 Å². The van der Waals surface area contributed by atoms with Gasteiger partial charge in [-0.2, -0.15) is 0 Å². The van der Waals surface area contributed by atoms with Crippen molar-refractivity contribution < 1.29 is 14.3 Å². The molecular formula is C16H18N3O3+. The van der Waals surface area contributed by atoms with Gasteiger partial charge >= 0.3 is 6.09 Å². The number of nitroso groups, excluding NO2 is 1. The van der Waals surface area contributed by atoms with Crippen LogP contribution in [0.4, 0.5) is 27.5 Å². The zero-order valence-corrected chi connectivity index (χ0v) is 12.5. The maximum absolute atomic E-state index is 11.7. The average Bonchev–Trinajstić information content (AvgIpc) is 2.50. The van der Waals surface area contributed by atoms with Gasteiger partial charge in [-0.3, -0.25) is 5.32 Å². The summed E-state index contributed by atoms with van der Waals surface area (Å²) in [7, 11) is 1.37. The van der Waals surface area contributed by atoms with Crippen molar-refractivity contribution in [2.45, 2.75) is 6.92 Å². The van der Waals surface area contributed by atoms with E-state index in [1.807, 2.05) is 30.3 Å². The van der Waals surface area contributed by atoms with Crippen LogP contribution >= 0.6 is 0 Å². The molecule has 2 aromatic carbocycles. The summed E-state index contributed by atoms with van der Waals surface area (Å²) in [6.45, 7) is 1.98. The third-order valence-corrected chi connectivity index (χ3v) is 2.91. The van der Waals surface area contributed by atoms with E-state index >= 15 is 0 Å². The Hall–Kier alpha value is -2.89. The maximum atomic E-state index is 11.7. The summed E-state index contributed by atoms with van der Waals surface area (Å²) >= 11 is 0. The summed E-state index contributed by atoms with van der Waals surface area (Å²) in [4.78, 5) is 23.2. The molecule has 0 saturated heterocycles. The van der Waals surface area contributed by atoms with Crippen LogP contribution in [0.2, 0.25) is 0 Å². The lowest BCUT2D eigenvalue weighted by Crippen LogP contribution is -2.14. The zero-order chi connectivity index (χ0) is 15.9. The van der Waals surface area contributed by atoms with E-state index < -0.39 is 6.09 Å². The number of para-hydroxylation sites is 1. The van der Waals surface area contributed by atoms with E-state index in [9.17, 15) is 9.70 Å². The van der Waals surface area contributed by atoms with Gasteiger partial charge in [0.05, 0.1) is 6.61 Å². The number of ether oxygens (including phenoxy) is 1. The molecule has 2 rings (SSSR count). The van der Waals surface area contributed by atoms with E-state index in [0.29, 0.717) is 16.1 Å². The number of hydrogen-bond acceptors (Lipinski definition) is 4. The molecule has 2 aromatic rings. The Labute approximate surface area is 128 Å². The van der Waals surface area contributed by atoms with Crippen molar-refractivity contribution in [3.63, 3.8) is 0 Å². The first-order valence-corrected chi connectivity index (χ1v) is 6.91. The lowest BCUT2D eigenvalue weighted by molar-refractivity contribution is -0.427. The van der Waals surface area contributed by atoms with E-state index in [1.165, 1.54) is 7.05 Å². The molecule has 0 unspecified atom stereocenters. The summed E-state index contributed by atoms with van der Waals surface area (Å²) in [5, 5.41) is 5.75. The second kappa shape index (κ2) is 7.21. The Morgan fingerprint density at radius 2 is 1.86 bits per heavy atom. The molecule has 2 N–H and O–H groups in total. The Balaban J connectivity index is 2.23. The molecule has 0 aromatic heterocycles. The SMILES string of the molecule is CCOC(=O)Nc1ccc(Nc2ccccc2)cc1[N+](C)=O. The molecule has 0 fully saturated rings. The fourth-order valence-electron chi connectivity index (χ4n) is 1.94. The summed E-state index contributed by atoms with van der Waals surface area (Å²) in [6, 6.07) is 14.7. The van der Waals surface area contributed by atoms with Crippen LogP contribution in [0.3, 0.4) is 0 Å². The molecule has 0 heterocycles. The molecule has 0 saturated carbocycles. The van der Waals surface area contributed by atoms with Crippen LogP contribution < -0.4 is 10.6 Å². The monoisotopic (exact) mass is 300 g/mol. The van der Waals surface area contributed by atoms with E-state index in [2.05, 4.69) is 10.6 Å². The topological polar surface area (TPSA) is 70.4 Å². The van der Waals surface area contributed by atoms with Gasteiger partial charge < -0.3 is 10.1 Å². The van der Waals surface area contributed by atoms with Crippen LogP contribution in [0.5, 0.6) is 0 Å². The fraction of sp³-hybridized carbons (Fsp3) is 0.188. The summed E-state index contributed by atoms with van der Waals surface area (Å²) in [5.41, 5.74) is 2.40. The van der Waals surface area contributed by atoms with Gasteiger partial charge in [-0.15, -0.1) is 0 Å². The lowest BCUT2D eigenvalue weighted by Gasteiger charge is -2.09. The molecule has 0 aliphatic rings. The Bertz CT molecular complexity index is 672. The van der Waals surface area contributed by atoms with Crippen molar-refractivity contribution in [3.8, 4) is 0 Å². The van der Waals surface area contributed by atoms with Gasteiger partial charge in [0.2, 0.25) is 0 Å². The van der Waals surface area contributed by atoms with E-state index in [4.69, 9.17) is 4.74 Å². The summed E-state index contributed by atoms with van der Waals surface area (Å²) in [6.07, 6.45) is -0.589. The standard InChI is InChI=1S/C16H17N3O3/c1-3-22-16(20)18-14-10-9-13(11-15(14)19(2)21)17-12-7-5-4-6-8-12/h4-11,17H,3H2,1-2H3/p+1. The minimum absolute atomic E-state index is 0.266. The first-order valence-electron chi connectivity index (χ1n) is 6.91. The first kappa shape index (κ1) is 15.5. The van der Waals surface area contributed by atoms with Gasteiger partial charge in [-0.1, -0.05) is 18.2 Å². The smallest absolute Gasteiger partial charge is 0.411 e. The molecule has 0 aliphatic carbocycles. The van der Waals surface area contributed by atoms with Crippen LogP contribution in [0.15, 0.2) is 48.5 Å². The highest BCUT2D eigenvalue weighted by atomic mass is 16.5. The van der Waals surface area contributed by atoms with Gasteiger partial charge in [0.25, 0.3) is 5.69 Å². The highest BCUT2D eigenvalue weighted by Crippen LogP contribution is 2.29. The highest BCUT2D eigenvalue weighted by molar-refractivity contribution is 5.88. The number of amides is 1. The summed E-state index contributed by atoms with van der Waals surface area (Å²) in [5.74, 6) is 0. The predicted octanol–water partition coefficient (Wildman–Crippen LogP) is 4.04. The Morgan fingerprint density at radius 1 is 1.14 bits per heavy atom. The maximum Gasteiger partial charge on any atom is 0.411 e. The third kappa shape index (κ3) is 4.05. The Kier molecular flexibility index (Phi) is 5.08. The lowest BCUT2D eigenvalue weighted by atomic mass is 10.2. The van der Waals surface area contributed by atoms with Crippen molar-refractivity contribution in [3.05, 3.63) is 53.4 Å². The first-order chi connectivity index (χ1) is 10.6.